The molecular weight excluding hydrogens is 253 g/mol. The number of hydrogen-bond donors (Lipinski definition) is 1. The number of rotatable bonds is 6. The second-order valence-corrected chi connectivity index (χ2v) is 4.75. The van der Waals surface area contributed by atoms with Gasteiger partial charge in [0.05, 0.1) is 5.69 Å². The third-order valence-electron chi connectivity index (χ3n) is 3.16. The number of anilines is 1. The van der Waals surface area contributed by atoms with E-state index in [-0.39, 0.29) is 5.82 Å². The first-order valence-corrected chi connectivity index (χ1v) is 6.80. The number of para-hydroxylation sites is 1. The van der Waals surface area contributed by atoms with Crippen LogP contribution in [0.1, 0.15) is 18.1 Å². The van der Waals surface area contributed by atoms with Gasteiger partial charge in [-0.25, -0.2) is 4.39 Å². The molecule has 0 unspecified atom stereocenters. The van der Waals surface area contributed by atoms with E-state index in [1.807, 2.05) is 37.1 Å². The highest BCUT2D eigenvalue weighted by Gasteiger charge is 2.13. The Morgan fingerprint density at radius 2 is 2.10 bits per heavy atom. The molecule has 1 aromatic carbocycles. The minimum Gasteiger partial charge on any atom is -0.368 e. The number of aromatic nitrogens is 1. The summed E-state index contributed by atoms with van der Waals surface area (Å²) in [5, 5.41) is 3.25. The van der Waals surface area contributed by atoms with E-state index in [1.165, 1.54) is 6.07 Å². The van der Waals surface area contributed by atoms with E-state index in [9.17, 15) is 4.39 Å². The van der Waals surface area contributed by atoms with Crippen molar-refractivity contribution in [3.63, 3.8) is 0 Å². The van der Waals surface area contributed by atoms with Crippen LogP contribution in [0, 0.1) is 5.82 Å². The van der Waals surface area contributed by atoms with Crippen molar-refractivity contribution < 1.29 is 4.39 Å². The number of nitrogens with one attached hydrogen (secondary N) is 1. The molecular formula is C16H20FN3. The molecule has 0 saturated carbocycles. The largest absolute Gasteiger partial charge is 0.368 e. The molecule has 2 rings (SSSR count). The summed E-state index contributed by atoms with van der Waals surface area (Å²) in [5.74, 6) is -0.188. The second-order valence-electron chi connectivity index (χ2n) is 4.75. The highest BCUT2D eigenvalue weighted by molar-refractivity contribution is 5.54. The highest BCUT2D eigenvalue weighted by Crippen LogP contribution is 2.24. The zero-order valence-electron chi connectivity index (χ0n) is 11.9. The van der Waals surface area contributed by atoms with Crippen molar-refractivity contribution >= 4 is 5.69 Å². The third kappa shape index (κ3) is 3.54. The van der Waals surface area contributed by atoms with Gasteiger partial charge >= 0.3 is 0 Å². The lowest BCUT2D eigenvalue weighted by Gasteiger charge is -2.23. The van der Waals surface area contributed by atoms with Gasteiger partial charge in [0.25, 0.3) is 0 Å². The quantitative estimate of drug-likeness (QED) is 0.877. The number of pyridine rings is 1. The molecule has 4 heteroatoms. The summed E-state index contributed by atoms with van der Waals surface area (Å²) in [6.07, 6.45) is 3.55. The van der Waals surface area contributed by atoms with Gasteiger partial charge in [0.2, 0.25) is 0 Å². The minimum absolute atomic E-state index is 0.188. The van der Waals surface area contributed by atoms with Crippen LogP contribution in [0.4, 0.5) is 10.1 Å². The molecule has 0 atom stereocenters. The van der Waals surface area contributed by atoms with Gasteiger partial charge in [0.15, 0.2) is 0 Å². The number of nitrogens with zero attached hydrogens (tertiary/aromatic N) is 2. The predicted molar refractivity (Wildman–Crippen MR) is 80.1 cm³/mol. The van der Waals surface area contributed by atoms with Crippen molar-refractivity contribution in [1.29, 1.82) is 0 Å². The molecule has 0 amide bonds. The molecule has 0 radical (unpaired) electrons. The van der Waals surface area contributed by atoms with Crippen molar-refractivity contribution in [2.24, 2.45) is 0 Å². The minimum atomic E-state index is -0.188. The molecule has 0 saturated heterocycles. The van der Waals surface area contributed by atoms with Crippen molar-refractivity contribution in [1.82, 2.24) is 10.3 Å². The van der Waals surface area contributed by atoms with Crippen LogP contribution in [-0.2, 0) is 13.1 Å². The summed E-state index contributed by atoms with van der Waals surface area (Å²) >= 11 is 0. The molecule has 1 aromatic heterocycles. The van der Waals surface area contributed by atoms with E-state index in [2.05, 4.69) is 10.3 Å². The summed E-state index contributed by atoms with van der Waals surface area (Å²) in [7, 11) is 1.90. The number of hydrogen-bond acceptors (Lipinski definition) is 3. The van der Waals surface area contributed by atoms with Crippen LogP contribution in [0.15, 0.2) is 42.7 Å². The van der Waals surface area contributed by atoms with Crippen molar-refractivity contribution in [3.05, 3.63) is 59.7 Å². The third-order valence-corrected chi connectivity index (χ3v) is 3.16. The van der Waals surface area contributed by atoms with E-state index in [0.29, 0.717) is 18.8 Å². The molecule has 20 heavy (non-hydrogen) atoms. The molecule has 0 aliphatic carbocycles. The van der Waals surface area contributed by atoms with Crippen LogP contribution in [0.25, 0.3) is 0 Å². The summed E-state index contributed by atoms with van der Waals surface area (Å²) in [5.41, 5.74) is 2.68. The van der Waals surface area contributed by atoms with Crippen LogP contribution < -0.4 is 10.2 Å². The Balaban J connectivity index is 2.21. The molecule has 0 fully saturated rings. The van der Waals surface area contributed by atoms with Gasteiger partial charge in [-0.2, -0.15) is 0 Å². The van der Waals surface area contributed by atoms with Crippen molar-refractivity contribution in [2.45, 2.75) is 20.0 Å². The second kappa shape index (κ2) is 7.01. The van der Waals surface area contributed by atoms with Crippen LogP contribution >= 0.6 is 0 Å². The van der Waals surface area contributed by atoms with E-state index < -0.39 is 0 Å². The number of benzene rings is 1. The lowest BCUT2D eigenvalue weighted by molar-refractivity contribution is 0.615. The summed E-state index contributed by atoms with van der Waals surface area (Å²) in [6.45, 7) is 4.20. The Bertz CT molecular complexity index is 543. The molecule has 0 bridgehead atoms. The Labute approximate surface area is 119 Å². The SMILES string of the molecule is CCNCc1cccc(F)c1N(C)Cc1cccnc1. The Kier molecular flexibility index (Phi) is 5.07. The average Bonchev–Trinajstić information content (AvgIpc) is 2.46. The fraction of sp³-hybridized carbons (Fsp3) is 0.312. The first-order valence-electron chi connectivity index (χ1n) is 6.80. The highest BCUT2D eigenvalue weighted by atomic mass is 19.1. The first kappa shape index (κ1) is 14.5. The van der Waals surface area contributed by atoms with Gasteiger partial charge in [-0.15, -0.1) is 0 Å². The molecule has 0 aliphatic heterocycles. The van der Waals surface area contributed by atoms with Crippen LogP contribution in [0.3, 0.4) is 0 Å². The smallest absolute Gasteiger partial charge is 0.146 e. The predicted octanol–water partition coefficient (Wildman–Crippen LogP) is 2.97. The van der Waals surface area contributed by atoms with Crippen molar-refractivity contribution in [3.8, 4) is 0 Å². The first-order chi connectivity index (χ1) is 9.72. The Morgan fingerprint density at radius 1 is 1.25 bits per heavy atom. The molecule has 106 valence electrons. The zero-order chi connectivity index (χ0) is 14.4. The molecule has 1 heterocycles. The van der Waals surface area contributed by atoms with Crippen molar-refractivity contribution in [2.75, 3.05) is 18.5 Å². The summed E-state index contributed by atoms with van der Waals surface area (Å²) in [4.78, 5) is 6.02. The lowest BCUT2D eigenvalue weighted by atomic mass is 10.1. The average molecular weight is 273 g/mol. The van der Waals surface area contributed by atoms with Gasteiger partial charge in [-0.3, -0.25) is 4.98 Å². The van der Waals surface area contributed by atoms with E-state index in [4.69, 9.17) is 0 Å². The van der Waals surface area contributed by atoms with E-state index in [0.717, 1.165) is 17.7 Å². The lowest BCUT2D eigenvalue weighted by Crippen LogP contribution is -2.22. The normalized spacial score (nSPS) is 10.6. The van der Waals surface area contributed by atoms with Crippen LogP contribution in [0.5, 0.6) is 0 Å². The van der Waals surface area contributed by atoms with E-state index in [1.54, 1.807) is 18.5 Å². The van der Waals surface area contributed by atoms with Crippen LogP contribution in [-0.4, -0.2) is 18.6 Å². The maximum absolute atomic E-state index is 14.1. The molecule has 0 aliphatic rings. The van der Waals surface area contributed by atoms with Gasteiger partial charge in [-0.1, -0.05) is 25.1 Å². The molecule has 2 aromatic rings. The Hall–Kier alpha value is -1.94. The van der Waals surface area contributed by atoms with Gasteiger partial charge in [-0.05, 0) is 29.8 Å². The standard InChI is InChI=1S/C16H20FN3/c1-3-18-11-14-7-4-8-15(17)16(14)20(2)12-13-6-5-9-19-10-13/h4-10,18H,3,11-12H2,1-2H3. The monoisotopic (exact) mass is 273 g/mol. The van der Waals surface area contributed by atoms with E-state index >= 15 is 0 Å². The topological polar surface area (TPSA) is 28.2 Å². The Morgan fingerprint density at radius 3 is 2.80 bits per heavy atom. The molecule has 3 nitrogen and oxygen atoms in total. The maximum Gasteiger partial charge on any atom is 0.146 e. The van der Waals surface area contributed by atoms with Gasteiger partial charge in [0, 0.05) is 32.5 Å². The molecule has 1 N–H and O–H groups in total. The van der Waals surface area contributed by atoms with Gasteiger partial charge in [0.1, 0.15) is 5.82 Å². The van der Waals surface area contributed by atoms with Crippen LogP contribution in [0.2, 0.25) is 0 Å². The summed E-state index contributed by atoms with van der Waals surface area (Å²) < 4.78 is 14.1. The summed E-state index contributed by atoms with van der Waals surface area (Å²) in [6, 6.07) is 9.10. The van der Waals surface area contributed by atoms with Gasteiger partial charge < -0.3 is 10.2 Å². The fourth-order valence-corrected chi connectivity index (χ4v) is 2.23. The molecule has 0 spiro atoms. The number of halogens is 1. The zero-order valence-corrected chi connectivity index (χ0v) is 11.9. The maximum atomic E-state index is 14.1. The fourth-order valence-electron chi connectivity index (χ4n) is 2.23.